The van der Waals surface area contributed by atoms with Crippen LogP contribution in [-0.2, 0) is 21.4 Å². The first-order valence-electron chi connectivity index (χ1n) is 8.23. The van der Waals surface area contributed by atoms with Crippen molar-refractivity contribution >= 4 is 21.6 Å². The summed E-state index contributed by atoms with van der Waals surface area (Å²) in [5, 5.41) is 2.76. The highest BCUT2D eigenvalue weighted by Gasteiger charge is 2.19. The van der Waals surface area contributed by atoms with E-state index >= 15 is 0 Å². The summed E-state index contributed by atoms with van der Waals surface area (Å²) in [7, 11) is -1.91. The molecular weight excluding hydrogens is 352 g/mol. The van der Waals surface area contributed by atoms with Gasteiger partial charge in [0.15, 0.2) is 0 Å². The van der Waals surface area contributed by atoms with Crippen LogP contribution < -0.4 is 10.1 Å². The van der Waals surface area contributed by atoms with Gasteiger partial charge in [0.2, 0.25) is 15.9 Å². The van der Waals surface area contributed by atoms with Crippen LogP contribution in [0.1, 0.15) is 17.5 Å². The number of aryl methyl sites for hydroxylation is 1. The average molecular weight is 376 g/mol. The van der Waals surface area contributed by atoms with E-state index in [4.69, 9.17) is 4.74 Å². The zero-order valence-corrected chi connectivity index (χ0v) is 16.0. The number of sulfonamides is 1. The van der Waals surface area contributed by atoms with Crippen LogP contribution in [0.15, 0.2) is 48.5 Å². The van der Waals surface area contributed by atoms with E-state index in [1.165, 1.54) is 11.4 Å². The van der Waals surface area contributed by atoms with Crippen molar-refractivity contribution in [3.63, 3.8) is 0 Å². The molecular formula is C19H24N2O4S. The van der Waals surface area contributed by atoms with Gasteiger partial charge in [0, 0.05) is 19.5 Å². The maximum atomic E-state index is 12.2. The van der Waals surface area contributed by atoms with Crippen molar-refractivity contribution < 1.29 is 17.9 Å². The largest absolute Gasteiger partial charge is 0.495 e. The van der Waals surface area contributed by atoms with E-state index in [2.05, 4.69) is 5.32 Å². The van der Waals surface area contributed by atoms with E-state index in [1.54, 1.807) is 18.2 Å². The molecule has 0 saturated carbocycles. The molecule has 0 radical (unpaired) electrons. The van der Waals surface area contributed by atoms with Crippen LogP contribution in [0, 0.1) is 6.92 Å². The lowest BCUT2D eigenvalue weighted by Crippen LogP contribution is -2.32. The lowest BCUT2D eigenvalue weighted by molar-refractivity contribution is -0.116. The minimum Gasteiger partial charge on any atom is -0.495 e. The monoisotopic (exact) mass is 376 g/mol. The second kappa shape index (κ2) is 8.82. The molecule has 0 unspecified atom stereocenters. The Hall–Kier alpha value is -2.38. The van der Waals surface area contributed by atoms with Crippen LogP contribution in [0.4, 0.5) is 5.69 Å². The van der Waals surface area contributed by atoms with Crippen LogP contribution >= 0.6 is 0 Å². The van der Waals surface area contributed by atoms with Crippen molar-refractivity contribution in [2.75, 3.05) is 25.2 Å². The van der Waals surface area contributed by atoms with Gasteiger partial charge in [0.25, 0.3) is 0 Å². The molecule has 1 N–H and O–H groups in total. The summed E-state index contributed by atoms with van der Waals surface area (Å²) < 4.78 is 30.7. The molecule has 0 aromatic heterocycles. The van der Waals surface area contributed by atoms with Crippen molar-refractivity contribution in [2.24, 2.45) is 0 Å². The number of carbonyl (C=O) groups excluding carboxylic acids is 1. The molecule has 0 bridgehead atoms. The second-order valence-electron chi connectivity index (χ2n) is 6.02. The number of nitrogens with one attached hydrogen (secondary N) is 1. The maximum Gasteiger partial charge on any atom is 0.225 e. The number of hydrogen-bond donors (Lipinski definition) is 1. The molecule has 7 heteroatoms. The van der Waals surface area contributed by atoms with Crippen molar-refractivity contribution in [1.29, 1.82) is 0 Å². The van der Waals surface area contributed by atoms with E-state index in [0.717, 1.165) is 17.4 Å². The number of methoxy groups -OCH3 is 1. The van der Waals surface area contributed by atoms with Gasteiger partial charge in [-0.1, -0.05) is 36.4 Å². The topological polar surface area (TPSA) is 75.7 Å². The lowest BCUT2D eigenvalue weighted by atomic mass is 10.1. The number of rotatable bonds is 8. The first-order chi connectivity index (χ1) is 12.3. The number of hydrogen-bond acceptors (Lipinski definition) is 4. The van der Waals surface area contributed by atoms with Gasteiger partial charge in [-0.25, -0.2) is 8.42 Å². The quantitative estimate of drug-likeness (QED) is 0.769. The maximum absolute atomic E-state index is 12.2. The fraction of sp³-hybridized carbons (Fsp3) is 0.316. The fourth-order valence-electron chi connectivity index (χ4n) is 2.53. The highest BCUT2D eigenvalue weighted by Crippen LogP contribution is 2.23. The molecule has 0 atom stereocenters. The van der Waals surface area contributed by atoms with Gasteiger partial charge in [0.1, 0.15) is 5.75 Å². The van der Waals surface area contributed by atoms with Gasteiger partial charge in [-0.05, 0) is 30.2 Å². The fourth-order valence-corrected chi connectivity index (χ4v) is 3.32. The number of benzene rings is 2. The summed E-state index contributed by atoms with van der Waals surface area (Å²) in [6.45, 7) is 2.28. The molecule has 2 aromatic rings. The molecule has 1 amide bonds. The van der Waals surface area contributed by atoms with Gasteiger partial charge in [-0.3, -0.25) is 4.79 Å². The summed E-state index contributed by atoms with van der Waals surface area (Å²) in [6.07, 6.45) is 1.21. The van der Waals surface area contributed by atoms with E-state index in [0.29, 0.717) is 11.4 Å². The van der Waals surface area contributed by atoms with Crippen molar-refractivity contribution in [3.8, 4) is 5.75 Å². The molecule has 0 aliphatic heterocycles. The van der Waals surface area contributed by atoms with Crippen LogP contribution in [-0.4, -0.2) is 38.5 Å². The zero-order chi connectivity index (χ0) is 19.2. The highest BCUT2D eigenvalue weighted by molar-refractivity contribution is 7.88. The van der Waals surface area contributed by atoms with Gasteiger partial charge in [-0.2, -0.15) is 4.31 Å². The first kappa shape index (κ1) is 19.9. The summed E-state index contributed by atoms with van der Waals surface area (Å²) in [4.78, 5) is 12.2. The number of ether oxygens (including phenoxy) is 1. The first-order valence-corrected chi connectivity index (χ1v) is 10.1. The third-order valence-corrected chi connectivity index (χ3v) is 5.30. The lowest BCUT2D eigenvalue weighted by Gasteiger charge is -2.21. The number of amides is 1. The van der Waals surface area contributed by atoms with Crippen LogP contribution in [0.2, 0.25) is 0 Å². The Bertz CT molecular complexity index is 865. The zero-order valence-electron chi connectivity index (χ0n) is 15.2. The summed E-state index contributed by atoms with van der Waals surface area (Å²) in [5.41, 5.74) is 2.49. The Morgan fingerprint density at radius 2 is 1.77 bits per heavy atom. The molecule has 0 aliphatic carbocycles. The minimum atomic E-state index is -3.43. The average Bonchev–Trinajstić information content (AvgIpc) is 2.59. The number of carbonyl (C=O) groups is 1. The second-order valence-corrected chi connectivity index (χ2v) is 8.00. The Morgan fingerprint density at radius 1 is 1.12 bits per heavy atom. The molecule has 2 aromatic carbocycles. The van der Waals surface area contributed by atoms with Crippen molar-refractivity contribution in [1.82, 2.24) is 4.31 Å². The van der Waals surface area contributed by atoms with E-state index in [-0.39, 0.29) is 25.4 Å². The predicted octanol–water partition coefficient (Wildman–Crippen LogP) is 2.79. The van der Waals surface area contributed by atoms with E-state index < -0.39 is 10.0 Å². The standard InChI is InChI=1S/C19H24N2O4S/c1-15-8-4-5-9-16(15)14-21(26(3,23)24)13-12-19(22)20-17-10-6-7-11-18(17)25-2/h4-11H,12-14H2,1-3H3,(H,20,22). The molecule has 0 heterocycles. The molecule has 6 nitrogen and oxygen atoms in total. The molecule has 0 fully saturated rings. The summed E-state index contributed by atoms with van der Waals surface area (Å²) in [6, 6.07) is 14.7. The van der Waals surface area contributed by atoms with E-state index in [9.17, 15) is 13.2 Å². The smallest absolute Gasteiger partial charge is 0.225 e. The Labute approximate surface area is 154 Å². The van der Waals surface area contributed by atoms with Gasteiger partial charge >= 0.3 is 0 Å². The van der Waals surface area contributed by atoms with Crippen LogP contribution in [0.25, 0.3) is 0 Å². The predicted molar refractivity (Wildman–Crippen MR) is 103 cm³/mol. The van der Waals surface area contributed by atoms with Crippen LogP contribution in [0.3, 0.4) is 0 Å². The molecule has 0 spiro atoms. The summed E-state index contributed by atoms with van der Waals surface area (Å²) >= 11 is 0. The molecule has 26 heavy (non-hydrogen) atoms. The SMILES string of the molecule is COc1ccccc1NC(=O)CCN(Cc1ccccc1C)S(C)(=O)=O. The normalized spacial score (nSPS) is 11.4. The Kier molecular flexibility index (Phi) is 6.76. The van der Waals surface area contributed by atoms with Gasteiger partial charge < -0.3 is 10.1 Å². The minimum absolute atomic E-state index is 0.0526. The third-order valence-electron chi connectivity index (χ3n) is 4.05. The number of nitrogens with zero attached hydrogens (tertiary/aromatic N) is 1. The highest BCUT2D eigenvalue weighted by atomic mass is 32.2. The van der Waals surface area contributed by atoms with Gasteiger partial charge in [-0.15, -0.1) is 0 Å². The summed E-state index contributed by atoms with van der Waals surface area (Å²) in [5.74, 6) is 0.286. The van der Waals surface area contributed by atoms with Gasteiger partial charge in [0.05, 0.1) is 19.1 Å². The number of para-hydroxylation sites is 2. The van der Waals surface area contributed by atoms with Crippen molar-refractivity contribution in [3.05, 3.63) is 59.7 Å². The van der Waals surface area contributed by atoms with Crippen LogP contribution in [0.5, 0.6) is 5.75 Å². The molecule has 0 saturated heterocycles. The Morgan fingerprint density at radius 3 is 2.42 bits per heavy atom. The molecule has 2 rings (SSSR count). The number of anilines is 1. The molecule has 140 valence electrons. The third kappa shape index (κ3) is 5.57. The van der Waals surface area contributed by atoms with Crippen molar-refractivity contribution in [2.45, 2.75) is 19.9 Å². The molecule has 0 aliphatic rings. The van der Waals surface area contributed by atoms with E-state index in [1.807, 2.05) is 37.3 Å². The Balaban J connectivity index is 2.03.